The Balaban J connectivity index is 1.86. The van der Waals surface area contributed by atoms with Crippen LogP contribution in [-0.4, -0.2) is 29.3 Å². The number of nitrogens with one attached hydrogen (secondary N) is 2. The molecule has 1 aliphatic rings. The van der Waals surface area contributed by atoms with E-state index < -0.39 is 0 Å². The van der Waals surface area contributed by atoms with Gasteiger partial charge in [-0.1, -0.05) is 0 Å². The maximum Gasteiger partial charge on any atom is 0.225 e. The van der Waals surface area contributed by atoms with Crippen molar-refractivity contribution >= 4 is 5.91 Å². The summed E-state index contributed by atoms with van der Waals surface area (Å²) in [4.78, 5) is 11.9. The minimum absolute atomic E-state index is 0.00287. The lowest BCUT2D eigenvalue weighted by molar-refractivity contribution is -0.129. The summed E-state index contributed by atoms with van der Waals surface area (Å²) in [6.45, 7) is 3.28. The Kier molecular flexibility index (Phi) is 3.56. The standard InChI is InChI=1S/C11H17N3O2/c1-8(10-5-12-13-6-10)14-11(15)9-3-2-4-16-7-9/h5-6,8-9H,2-4,7H2,1H3,(H,12,13)(H,14,15). The highest BCUT2D eigenvalue weighted by Gasteiger charge is 2.23. The van der Waals surface area contributed by atoms with Crippen molar-refractivity contribution in [2.45, 2.75) is 25.8 Å². The second kappa shape index (κ2) is 5.12. The van der Waals surface area contributed by atoms with Gasteiger partial charge in [0, 0.05) is 18.4 Å². The number of nitrogens with zero attached hydrogens (tertiary/aromatic N) is 1. The van der Waals surface area contributed by atoms with Crippen molar-refractivity contribution in [2.24, 2.45) is 5.92 Å². The summed E-state index contributed by atoms with van der Waals surface area (Å²) in [7, 11) is 0. The summed E-state index contributed by atoms with van der Waals surface area (Å²) in [5.41, 5.74) is 0.991. The van der Waals surface area contributed by atoms with Gasteiger partial charge in [-0.3, -0.25) is 9.89 Å². The highest BCUT2D eigenvalue weighted by molar-refractivity contribution is 5.79. The first-order valence-electron chi connectivity index (χ1n) is 5.64. The largest absolute Gasteiger partial charge is 0.381 e. The molecule has 0 spiro atoms. The van der Waals surface area contributed by atoms with E-state index in [2.05, 4.69) is 15.5 Å². The quantitative estimate of drug-likeness (QED) is 0.803. The van der Waals surface area contributed by atoms with E-state index in [1.54, 1.807) is 12.4 Å². The van der Waals surface area contributed by atoms with E-state index in [-0.39, 0.29) is 17.9 Å². The molecule has 88 valence electrons. The van der Waals surface area contributed by atoms with Crippen LogP contribution >= 0.6 is 0 Å². The average molecular weight is 223 g/mol. The number of hydrogen-bond donors (Lipinski definition) is 2. The van der Waals surface area contributed by atoms with Crippen LogP contribution in [0.1, 0.15) is 31.4 Å². The first-order chi connectivity index (χ1) is 7.77. The molecule has 2 atom stereocenters. The molecule has 0 aromatic carbocycles. The molecule has 2 N–H and O–H groups in total. The van der Waals surface area contributed by atoms with E-state index in [0.717, 1.165) is 25.0 Å². The normalized spacial score (nSPS) is 22.7. The molecule has 2 rings (SSSR count). The van der Waals surface area contributed by atoms with E-state index in [1.807, 2.05) is 6.92 Å². The van der Waals surface area contributed by atoms with E-state index in [9.17, 15) is 4.79 Å². The van der Waals surface area contributed by atoms with Crippen LogP contribution in [0.15, 0.2) is 12.4 Å². The monoisotopic (exact) mass is 223 g/mol. The minimum atomic E-state index is -0.00632. The number of amides is 1. The maximum absolute atomic E-state index is 11.9. The highest BCUT2D eigenvalue weighted by atomic mass is 16.5. The number of H-pyrrole nitrogens is 1. The molecule has 2 unspecified atom stereocenters. The predicted molar refractivity (Wildman–Crippen MR) is 58.7 cm³/mol. The van der Waals surface area contributed by atoms with Gasteiger partial charge >= 0.3 is 0 Å². The summed E-state index contributed by atoms with van der Waals surface area (Å²) in [5.74, 6) is 0.0801. The van der Waals surface area contributed by atoms with Crippen LogP contribution in [0.2, 0.25) is 0 Å². The Morgan fingerprint density at radius 3 is 3.25 bits per heavy atom. The van der Waals surface area contributed by atoms with Crippen molar-refractivity contribution in [1.29, 1.82) is 0 Å². The third-order valence-electron chi connectivity index (χ3n) is 2.91. The second-order valence-electron chi connectivity index (χ2n) is 4.18. The summed E-state index contributed by atoms with van der Waals surface area (Å²) >= 11 is 0. The number of carbonyl (C=O) groups excluding carboxylic acids is 1. The van der Waals surface area contributed by atoms with Crippen LogP contribution in [0.5, 0.6) is 0 Å². The van der Waals surface area contributed by atoms with Gasteiger partial charge in [0.1, 0.15) is 0 Å². The molecular weight excluding hydrogens is 206 g/mol. The molecule has 5 heteroatoms. The third kappa shape index (κ3) is 2.61. The molecule has 1 fully saturated rings. The Morgan fingerprint density at radius 1 is 1.75 bits per heavy atom. The maximum atomic E-state index is 11.9. The number of rotatable bonds is 3. The summed E-state index contributed by atoms with van der Waals surface area (Å²) in [5, 5.41) is 9.57. The van der Waals surface area contributed by atoms with E-state index in [1.165, 1.54) is 0 Å². The molecule has 0 saturated carbocycles. The van der Waals surface area contributed by atoms with Crippen molar-refractivity contribution in [2.75, 3.05) is 13.2 Å². The summed E-state index contributed by atoms with van der Waals surface area (Å²) < 4.78 is 5.30. The van der Waals surface area contributed by atoms with Crippen LogP contribution in [0.25, 0.3) is 0 Å². The second-order valence-corrected chi connectivity index (χ2v) is 4.18. The lowest BCUT2D eigenvalue weighted by atomic mass is 10.0. The van der Waals surface area contributed by atoms with Crippen LogP contribution in [0, 0.1) is 5.92 Å². The van der Waals surface area contributed by atoms with Crippen LogP contribution in [0.3, 0.4) is 0 Å². The van der Waals surface area contributed by atoms with Gasteiger partial charge in [-0.25, -0.2) is 0 Å². The van der Waals surface area contributed by atoms with E-state index in [4.69, 9.17) is 4.74 Å². The highest BCUT2D eigenvalue weighted by Crippen LogP contribution is 2.16. The predicted octanol–water partition coefficient (Wildman–Crippen LogP) is 1.01. The van der Waals surface area contributed by atoms with E-state index >= 15 is 0 Å². The summed E-state index contributed by atoms with van der Waals surface area (Å²) in [6, 6.07) is -0.00632. The SMILES string of the molecule is CC(NC(=O)C1CCCOC1)c1cn[nH]c1. The molecule has 2 heterocycles. The molecular formula is C11H17N3O2. The van der Waals surface area contributed by atoms with Crippen molar-refractivity contribution in [3.63, 3.8) is 0 Å². The van der Waals surface area contributed by atoms with Crippen molar-refractivity contribution in [3.8, 4) is 0 Å². The zero-order chi connectivity index (χ0) is 11.4. The molecule has 1 aliphatic heterocycles. The minimum Gasteiger partial charge on any atom is -0.381 e. The van der Waals surface area contributed by atoms with Gasteiger partial charge in [0.05, 0.1) is 24.8 Å². The van der Waals surface area contributed by atoms with Crippen molar-refractivity contribution < 1.29 is 9.53 Å². The number of aromatic amines is 1. The topological polar surface area (TPSA) is 67.0 Å². The number of ether oxygens (including phenoxy) is 1. The van der Waals surface area contributed by atoms with Crippen LogP contribution in [-0.2, 0) is 9.53 Å². The van der Waals surface area contributed by atoms with Gasteiger partial charge in [0.15, 0.2) is 0 Å². The molecule has 1 amide bonds. The van der Waals surface area contributed by atoms with Gasteiger partial charge < -0.3 is 10.1 Å². The molecule has 0 radical (unpaired) electrons. The molecule has 1 saturated heterocycles. The smallest absolute Gasteiger partial charge is 0.225 e. The fraction of sp³-hybridized carbons (Fsp3) is 0.636. The summed E-state index contributed by atoms with van der Waals surface area (Å²) in [6.07, 6.45) is 5.41. The Bertz CT molecular complexity index is 331. The molecule has 0 bridgehead atoms. The lowest BCUT2D eigenvalue weighted by Crippen LogP contribution is -2.36. The van der Waals surface area contributed by atoms with Gasteiger partial charge in [-0.2, -0.15) is 5.10 Å². The molecule has 5 nitrogen and oxygen atoms in total. The zero-order valence-electron chi connectivity index (χ0n) is 9.40. The Hall–Kier alpha value is -1.36. The molecule has 1 aromatic rings. The Labute approximate surface area is 94.6 Å². The average Bonchev–Trinajstić information content (AvgIpc) is 2.83. The fourth-order valence-corrected chi connectivity index (χ4v) is 1.86. The molecule has 16 heavy (non-hydrogen) atoms. The zero-order valence-corrected chi connectivity index (χ0v) is 9.40. The number of hydrogen-bond acceptors (Lipinski definition) is 3. The van der Waals surface area contributed by atoms with Gasteiger partial charge in [-0.15, -0.1) is 0 Å². The van der Waals surface area contributed by atoms with Crippen LogP contribution in [0.4, 0.5) is 0 Å². The molecule has 1 aromatic heterocycles. The first kappa shape index (κ1) is 11.1. The van der Waals surface area contributed by atoms with Gasteiger partial charge in [-0.05, 0) is 19.8 Å². The number of aromatic nitrogens is 2. The number of carbonyl (C=O) groups is 1. The fourth-order valence-electron chi connectivity index (χ4n) is 1.86. The Morgan fingerprint density at radius 2 is 2.62 bits per heavy atom. The first-order valence-corrected chi connectivity index (χ1v) is 5.64. The lowest BCUT2D eigenvalue weighted by Gasteiger charge is -2.23. The van der Waals surface area contributed by atoms with Crippen LogP contribution < -0.4 is 5.32 Å². The van der Waals surface area contributed by atoms with Crippen molar-refractivity contribution in [3.05, 3.63) is 18.0 Å². The molecule has 0 aliphatic carbocycles. The van der Waals surface area contributed by atoms with Gasteiger partial charge in [0.25, 0.3) is 0 Å². The van der Waals surface area contributed by atoms with Crippen molar-refractivity contribution in [1.82, 2.24) is 15.5 Å². The van der Waals surface area contributed by atoms with E-state index in [0.29, 0.717) is 6.61 Å². The van der Waals surface area contributed by atoms with Gasteiger partial charge in [0.2, 0.25) is 5.91 Å². The third-order valence-corrected chi connectivity index (χ3v) is 2.91.